The van der Waals surface area contributed by atoms with Crippen LogP contribution in [0.5, 0.6) is 0 Å². The first-order valence-corrected chi connectivity index (χ1v) is 6.09. The van der Waals surface area contributed by atoms with Crippen molar-refractivity contribution < 1.29 is 9.47 Å². The van der Waals surface area contributed by atoms with Crippen LogP contribution in [-0.2, 0) is 9.47 Å². The van der Waals surface area contributed by atoms with Gasteiger partial charge in [-0.05, 0) is 36.0 Å². The first-order chi connectivity index (χ1) is 7.11. The van der Waals surface area contributed by atoms with E-state index in [0.29, 0.717) is 11.8 Å². The summed E-state index contributed by atoms with van der Waals surface area (Å²) in [5, 5.41) is 0. The van der Waals surface area contributed by atoms with Crippen LogP contribution in [-0.4, -0.2) is 27.4 Å². The average molecular weight is 214 g/mol. The van der Waals surface area contributed by atoms with E-state index < -0.39 is 0 Å². The quantitative estimate of drug-likeness (QED) is 0.716. The van der Waals surface area contributed by atoms with Crippen molar-refractivity contribution in [3.8, 4) is 0 Å². The second-order valence-electron chi connectivity index (χ2n) is 5.27. The summed E-state index contributed by atoms with van der Waals surface area (Å²) >= 11 is 0. The van der Waals surface area contributed by atoms with Gasteiger partial charge in [-0.1, -0.05) is 20.8 Å². The highest BCUT2D eigenvalue weighted by Crippen LogP contribution is 2.42. The number of rotatable bonds is 4. The summed E-state index contributed by atoms with van der Waals surface area (Å²) in [6, 6.07) is 0. The Bertz CT molecular complexity index is 181. The van der Waals surface area contributed by atoms with E-state index in [9.17, 15) is 0 Å². The third-order valence-electron chi connectivity index (χ3n) is 4.42. The molecule has 15 heavy (non-hydrogen) atoms. The van der Waals surface area contributed by atoms with Crippen LogP contribution in [0.15, 0.2) is 0 Å². The second kappa shape index (κ2) is 5.86. The molecule has 2 heteroatoms. The highest BCUT2D eigenvalue weighted by atomic mass is 16.5. The van der Waals surface area contributed by atoms with Gasteiger partial charge in [-0.15, -0.1) is 0 Å². The molecule has 0 saturated heterocycles. The zero-order valence-electron chi connectivity index (χ0n) is 10.8. The largest absolute Gasteiger partial charge is 0.384 e. The lowest BCUT2D eigenvalue weighted by atomic mass is 9.64. The van der Waals surface area contributed by atoms with Gasteiger partial charge in [0.15, 0.2) is 0 Å². The Morgan fingerprint density at radius 1 is 0.933 bits per heavy atom. The van der Waals surface area contributed by atoms with Gasteiger partial charge in [-0.3, -0.25) is 0 Å². The maximum absolute atomic E-state index is 5.36. The van der Waals surface area contributed by atoms with Crippen molar-refractivity contribution in [1.82, 2.24) is 0 Å². The predicted octanol–water partition coefficient (Wildman–Crippen LogP) is 2.82. The molecule has 5 unspecified atom stereocenters. The average Bonchev–Trinajstić information content (AvgIpc) is 2.21. The van der Waals surface area contributed by atoms with E-state index in [4.69, 9.17) is 9.47 Å². The van der Waals surface area contributed by atoms with E-state index in [0.717, 1.165) is 31.0 Å². The Labute approximate surface area is 94.3 Å². The fourth-order valence-corrected chi connectivity index (χ4v) is 3.09. The summed E-state index contributed by atoms with van der Waals surface area (Å²) in [5.41, 5.74) is 0. The lowest BCUT2D eigenvalue weighted by Crippen LogP contribution is -2.40. The highest BCUT2D eigenvalue weighted by molar-refractivity contribution is 4.86. The molecule has 0 heterocycles. The maximum atomic E-state index is 5.36. The second-order valence-corrected chi connectivity index (χ2v) is 5.27. The normalized spacial score (nSPS) is 41.8. The summed E-state index contributed by atoms with van der Waals surface area (Å²) < 4.78 is 10.7. The minimum atomic E-state index is 0.668. The van der Waals surface area contributed by atoms with Crippen LogP contribution in [0.2, 0.25) is 0 Å². The van der Waals surface area contributed by atoms with Crippen molar-refractivity contribution in [2.45, 2.75) is 27.2 Å². The van der Waals surface area contributed by atoms with Crippen LogP contribution >= 0.6 is 0 Å². The summed E-state index contributed by atoms with van der Waals surface area (Å²) in [7, 11) is 3.61. The molecule has 1 aliphatic rings. The highest BCUT2D eigenvalue weighted by Gasteiger charge is 2.38. The first kappa shape index (κ1) is 13.0. The SMILES string of the molecule is COCC1CC(C)C(C)C(C)C1COC. The molecular formula is C13H26O2. The molecule has 0 N–H and O–H groups in total. The molecule has 0 aromatic carbocycles. The van der Waals surface area contributed by atoms with Crippen molar-refractivity contribution in [3.05, 3.63) is 0 Å². The van der Waals surface area contributed by atoms with Crippen LogP contribution in [0.1, 0.15) is 27.2 Å². The minimum Gasteiger partial charge on any atom is -0.384 e. The standard InChI is InChI=1S/C13H26O2/c1-9-6-12(7-14-4)13(8-15-5)11(3)10(9)2/h9-13H,6-8H2,1-5H3. The van der Waals surface area contributed by atoms with Gasteiger partial charge < -0.3 is 9.47 Å². The minimum absolute atomic E-state index is 0.668. The van der Waals surface area contributed by atoms with E-state index in [1.54, 1.807) is 14.2 Å². The zero-order valence-corrected chi connectivity index (χ0v) is 10.8. The molecule has 0 aromatic heterocycles. The Balaban J connectivity index is 2.67. The molecule has 1 aliphatic carbocycles. The fourth-order valence-electron chi connectivity index (χ4n) is 3.09. The van der Waals surface area contributed by atoms with Crippen LogP contribution in [0, 0.1) is 29.6 Å². The van der Waals surface area contributed by atoms with Crippen LogP contribution in [0.3, 0.4) is 0 Å². The summed E-state index contributed by atoms with van der Waals surface area (Å²) in [4.78, 5) is 0. The smallest absolute Gasteiger partial charge is 0.0496 e. The molecule has 1 fully saturated rings. The van der Waals surface area contributed by atoms with Gasteiger partial charge in [0, 0.05) is 27.4 Å². The number of ether oxygens (including phenoxy) is 2. The van der Waals surface area contributed by atoms with Gasteiger partial charge in [0.1, 0.15) is 0 Å². The van der Waals surface area contributed by atoms with E-state index in [1.807, 2.05) is 0 Å². The number of hydrogen-bond acceptors (Lipinski definition) is 2. The molecule has 0 spiro atoms. The number of methoxy groups -OCH3 is 2. The molecule has 1 saturated carbocycles. The van der Waals surface area contributed by atoms with E-state index in [-0.39, 0.29) is 0 Å². The molecule has 5 atom stereocenters. The van der Waals surface area contributed by atoms with Gasteiger partial charge >= 0.3 is 0 Å². The molecule has 0 bridgehead atoms. The van der Waals surface area contributed by atoms with Crippen LogP contribution in [0.25, 0.3) is 0 Å². The lowest BCUT2D eigenvalue weighted by Gasteiger charge is -2.43. The van der Waals surface area contributed by atoms with Crippen molar-refractivity contribution in [3.63, 3.8) is 0 Å². The van der Waals surface area contributed by atoms with E-state index in [1.165, 1.54) is 6.42 Å². The predicted molar refractivity (Wildman–Crippen MR) is 62.8 cm³/mol. The van der Waals surface area contributed by atoms with Crippen molar-refractivity contribution >= 4 is 0 Å². The van der Waals surface area contributed by atoms with Gasteiger partial charge in [0.25, 0.3) is 0 Å². The third kappa shape index (κ3) is 2.94. The summed E-state index contributed by atoms with van der Waals surface area (Å²) in [5.74, 6) is 3.71. The van der Waals surface area contributed by atoms with Crippen molar-refractivity contribution in [2.24, 2.45) is 29.6 Å². The van der Waals surface area contributed by atoms with Gasteiger partial charge in [-0.2, -0.15) is 0 Å². The monoisotopic (exact) mass is 214 g/mol. The van der Waals surface area contributed by atoms with Crippen molar-refractivity contribution in [1.29, 1.82) is 0 Å². The molecule has 90 valence electrons. The lowest BCUT2D eigenvalue weighted by molar-refractivity contribution is -0.0215. The molecule has 0 aromatic rings. The van der Waals surface area contributed by atoms with Crippen LogP contribution < -0.4 is 0 Å². The Hall–Kier alpha value is -0.0800. The Morgan fingerprint density at radius 3 is 2.07 bits per heavy atom. The molecular weight excluding hydrogens is 188 g/mol. The van der Waals surface area contributed by atoms with Gasteiger partial charge in [-0.25, -0.2) is 0 Å². The summed E-state index contributed by atoms with van der Waals surface area (Å²) in [6.07, 6.45) is 1.29. The van der Waals surface area contributed by atoms with Gasteiger partial charge in [0.2, 0.25) is 0 Å². The molecule has 1 rings (SSSR count). The third-order valence-corrected chi connectivity index (χ3v) is 4.42. The Morgan fingerprint density at radius 2 is 1.53 bits per heavy atom. The van der Waals surface area contributed by atoms with E-state index in [2.05, 4.69) is 20.8 Å². The van der Waals surface area contributed by atoms with Crippen molar-refractivity contribution in [2.75, 3.05) is 27.4 Å². The molecule has 2 nitrogen and oxygen atoms in total. The maximum Gasteiger partial charge on any atom is 0.0496 e. The van der Waals surface area contributed by atoms with Gasteiger partial charge in [0.05, 0.1) is 0 Å². The molecule has 0 amide bonds. The molecule has 0 radical (unpaired) electrons. The first-order valence-electron chi connectivity index (χ1n) is 6.09. The molecule has 0 aliphatic heterocycles. The van der Waals surface area contributed by atoms with Crippen LogP contribution in [0.4, 0.5) is 0 Å². The number of hydrogen-bond donors (Lipinski definition) is 0. The topological polar surface area (TPSA) is 18.5 Å². The summed E-state index contributed by atoms with van der Waals surface area (Å²) in [6.45, 7) is 8.88. The fraction of sp³-hybridized carbons (Fsp3) is 1.00. The van der Waals surface area contributed by atoms with E-state index >= 15 is 0 Å². The zero-order chi connectivity index (χ0) is 11.4. The Kier molecular flexibility index (Phi) is 5.07.